The van der Waals surface area contributed by atoms with Crippen LogP contribution in [0.15, 0.2) is 54.6 Å². The maximum atomic E-state index is 13.8. The van der Waals surface area contributed by atoms with Crippen LogP contribution in [0.4, 0.5) is 0 Å². The average Bonchev–Trinajstić information content (AvgIpc) is 2.82. The molecule has 0 fully saturated rings. The maximum absolute atomic E-state index is 13.8. The van der Waals surface area contributed by atoms with E-state index in [1.165, 1.54) is 0 Å². The van der Waals surface area contributed by atoms with Crippen molar-refractivity contribution in [1.29, 1.82) is 5.26 Å². The Hall–Kier alpha value is -3.13. The van der Waals surface area contributed by atoms with Gasteiger partial charge < -0.3 is 9.47 Å². The average molecular weight is 434 g/mol. The van der Waals surface area contributed by atoms with Crippen molar-refractivity contribution < 1.29 is 19.1 Å². The normalized spacial score (nSPS) is 19.2. The molecule has 5 heteroatoms. The van der Waals surface area contributed by atoms with E-state index in [0.29, 0.717) is 17.7 Å². The maximum Gasteiger partial charge on any atom is 0.323 e. The minimum atomic E-state index is -1.10. The van der Waals surface area contributed by atoms with Crippen LogP contribution in [0.2, 0.25) is 0 Å². The number of Topliss-reactive ketones (excluding diaryl/α,β-unsaturated/α-hetero) is 1. The van der Waals surface area contributed by atoms with E-state index in [1.807, 2.05) is 48.5 Å². The first-order valence-electron chi connectivity index (χ1n) is 11.5. The number of para-hydroxylation sites is 1. The molecule has 0 bridgehead atoms. The first-order valence-corrected chi connectivity index (χ1v) is 11.5. The molecule has 1 aliphatic heterocycles. The van der Waals surface area contributed by atoms with E-state index in [0.717, 1.165) is 31.2 Å². The van der Waals surface area contributed by atoms with Crippen molar-refractivity contribution in [3.63, 3.8) is 0 Å². The molecule has 0 amide bonds. The number of nitrogens with zero attached hydrogens (tertiary/aromatic N) is 1. The van der Waals surface area contributed by atoms with Crippen molar-refractivity contribution in [3.05, 3.63) is 65.7 Å². The molecule has 4 unspecified atom stereocenters. The third kappa shape index (κ3) is 5.19. The molecular formula is C27H31NO4. The molecule has 0 spiro atoms. The molecule has 0 saturated carbocycles. The Bertz CT molecular complexity index is 950. The molecular weight excluding hydrogens is 402 g/mol. The minimum absolute atomic E-state index is 0.0780. The summed E-state index contributed by atoms with van der Waals surface area (Å²) < 4.78 is 11.6. The van der Waals surface area contributed by atoms with Crippen molar-refractivity contribution >= 4 is 11.8 Å². The van der Waals surface area contributed by atoms with Crippen LogP contribution in [-0.2, 0) is 9.53 Å². The monoisotopic (exact) mass is 433 g/mol. The van der Waals surface area contributed by atoms with Crippen molar-refractivity contribution in [1.82, 2.24) is 0 Å². The fourth-order valence-electron chi connectivity index (χ4n) is 4.56. The highest BCUT2D eigenvalue weighted by molar-refractivity contribution is 6.02. The van der Waals surface area contributed by atoms with Gasteiger partial charge in [0, 0.05) is 5.92 Å². The van der Waals surface area contributed by atoms with E-state index in [2.05, 4.69) is 13.0 Å². The van der Waals surface area contributed by atoms with E-state index < -0.39 is 29.8 Å². The summed E-state index contributed by atoms with van der Waals surface area (Å²) in [6, 6.07) is 18.7. The van der Waals surface area contributed by atoms with Gasteiger partial charge in [-0.2, -0.15) is 5.26 Å². The third-order valence-electron chi connectivity index (χ3n) is 6.09. The molecule has 1 aliphatic rings. The van der Waals surface area contributed by atoms with Crippen LogP contribution in [0.1, 0.15) is 67.8 Å². The van der Waals surface area contributed by atoms with Gasteiger partial charge in [0.1, 0.15) is 11.9 Å². The molecule has 1 heterocycles. The summed E-state index contributed by atoms with van der Waals surface area (Å²) in [4.78, 5) is 26.6. The highest BCUT2D eigenvalue weighted by Gasteiger charge is 2.47. The van der Waals surface area contributed by atoms with Crippen molar-refractivity contribution in [3.8, 4) is 11.8 Å². The lowest BCUT2D eigenvalue weighted by Gasteiger charge is -2.38. The molecule has 0 aliphatic carbocycles. The molecule has 4 atom stereocenters. The molecule has 2 aromatic rings. The molecule has 0 N–H and O–H groups in total. The first kappa shape index (κ1) is 23.5. The number of carbonyl (C=O) groups is 2. The van der Waals surface area contributed by atoms with Gasteiger partial charge >= 0.3 is 5.97 Å². The number of benzene rings is 2. The summed E-state index contributed by atoms with van der Waals surface area (Å²) in [7, 11) is 0. The van der Waals surface area contributed by atoms with Crippen LogP contribution >= 0.6 is 0 Å². The molecule has 3 rings (SSSR count). The largest absolute Gasteiger partial charge is 0.489 e. The van der Waals surface area contributed by atoms with Gasteiger partial charge in [0.25, 0.3) is 0 Å². The van der Waals surface area contributed by atoms with E-state index in [1.54, 1.807) is 13.0 Å². The summed E-state index contributed by atoms with van der Waals surface area (Å²) in [5.41, 5.74) is 1.27. The standard InChI is InChI=1S/C27H31NO4/c1-3-5-6-10-17-23-25(26(29)20-15-11-12-16-22(20)32-23)24(19-13-8-7-9-14-19)21(18-28)27(30)31-4-2/h7-9,11-16,21,23-25H,3-6,10,17H2,1-2H3. The molecule has 168 valence electrons. The number of hydrogen-bond donors (Lipinski definition) is 0. The fourth-order valence-corrected chi connectivity index (χ4v) is 4.56. The molecule has 2 aromatic carbocycles. The van der Waals surface area contributed by atoms with E-state index in [-0.39, 0.29) is 12.4 Å². The zero-order valence-corrected chi connectivity index (χ0v) is 18.8. The van der Waals surface area contributed by atoms with Gasteiger partial charge in [-0.25, -0.2) is 0 Å². The van der Waals surface area contributed by atoms with Gasteiger partial charge in [0.15, 0.2) is 11.7 Å². The number of ketones is 1. The van der Waals surface area contributed by atoms with E-state index in [9.17, 15) is 14.9 Å². The topological polar surface area (TPSA) is 76.4 Å². The Labute approximate surface area is 190 Å². The third-order valence-corrected chi connectivity index (χ3v) is 6.09. The Kier molecular flexibility index (Phi) is 8.44. The Morgan fingerprint density at radius 3 is 2.47 bits per heavy atom. The number of unbranched alkanes of at least 4 members (excludes halogenated alkanes) is 3. The van der Waals surface area contributed by atoms with Gasteiger partial charge in [0.2, 0.25) is 0 Å². The molecule has 0 radical (unpaired) electrons. The SMILES string of the molecule is CCCCCCC1Oc2ccccc2C(=O)C1C(c1ccccc1)C(C#N)C(=O)OCC. The minimum Gasteiger partial charge on any atom is -0.489 e. The lowest BCUT2D eigenvalue weighted by atomic mass is 9.70. The number of ether oxygens (including phenoxy) is 2. The highest BCUT2D eigenvalue weighted by Crippen LogP contribution is 2.43. The number of nitriles is 1. The van der Waals surface area contributed by atoms with Gasteiger partial charge in [-0.15, -0.1) is 0 Å². The van der Waals surface area contributed by atoms with Crippen LogP contribution in [0.25, 0.3) is 0 Å². The van der Waals surface area contributed by atoms with E-state index in [4.69, 9.17) is 9.47 Å². The van der Waals surface area contributed by atoms with Gasteiger partial charge in [-0.1, -0.05) is 68.7 Å². The summed E-state index contributed by atoms with van der Waals surface area (Å²) in [5.74, 6) is -2.50. The summed E-state index contributed by atoms with van der Waals surface area (Å²) in [5, 5.41) is 10.00. The Morgan fingerprint density at radius 2 is 1.78 bits per heavy atom. The number of fused-ring (bicyclic) bond motifs is 1. The second kappa shape index (κ2) is 11.5. The van der Waals surface area contributed by atoms with Crippen LogP contribution in [-0.4, -0.2) is 24.5 Å². The summed E-state index contributed by atoms with van der Waals surface area (Å²) in [6.45, 7) is 4.05. The second-order valence-electron chi connectivity index (χ2n) is 8.19. The lowest BCUT2D eigenvalue weighted by molar-refractivity contribution is -0.147. The van der Waals surface area contributed by atoms with Crippen molar-refractivity contribution in [2.24, 2.45) is 11.8 Å². The van der Waals surface area contributed by atoms with Crippen LogP contribution in [0.5, 0.6) is 5.75 Å². The van der Waals surface area contributed by atoms with Crippen LogP contribution in [0.3, 0.4) is 0 Å². The quantitative estimate of drug-likeness (QED) is 0.355. The van der Waals surface area contributed by atoms with Gasteiger partial charge in [-0.05, 0) is 37.5 Å². The Morgan fingerprint density at radius 1 is 1.06 bits per heavy atom. The molecule has 0 saturated heterocycles. The number of carbonyl (C=O) groups excluding carboxylic acids is 2. The fraction of sp³-hybridized carbons (Fsp3) is 0.444. The predicted octanol–water partition coefficient (Wildman–Crippen LogP) is 5.70. The Balaban J connectivity index is 2.06. The van der Waals surface area contributed by atoms with Gasteiger partial charge in [0.05, 0.1) is 24.2 Å². The zero-order valence-electron chi connectivity index (χ0n) is 18.8. The highest BCUT2D eigenvalue weighted by atomic mass is 16.5. The smallest absolute Gasteiger partial charge is 0.323 e. The van der Waals surface area contributed by atoms with Crippen molar-refractivity contribution in [2.45, 2.75) is 58.0 Å². The number of esters is 1. The summed E-state index contributed by atoms with van der Waals surface area (Å²) >= 11 is 0. The number of hydrogen-bond acceptors (Lipinski definition) is 5. The molecule has 0 aromatic heterocycles. The lowest BCUT2D eigenvalue weighted by Crippen LogP contribution is -2.44. The molecule has 32 heavy (non-hydrogen) atoms. The number of rotatable bonds is 10. The van der Waals surface area contributed by atoms with Crippen LogP contribution in [0, 0.1) is 23.2 Å². The van der Waals surface area contributed by atoms with E-state index >= 15 is 0 Å². The van der Waals surface area contributed by atoms with Crippen LogP contribution < -0.4 is 4.74 Å². The predicted molar refractivity (Wildman–Crippen MR) is 122 cm³/mol. The zero-order chi connectivity index (χ0) is 22.9. The first-order chi connectivity index (χ1) is 15.6. The van der Waals surface area contributed by atoms with Crippen molar-refractivity contribution in [2.75, 3.05) is 6.61 Å². The van der Waals surface area contributed by atoms with Gasteiger partial charge in [-0.3, -0.25) is 9.59 Å². The summed E-state index contributed by atoms with van der Waals surface area (Å²) in [6.07, 6.45) is 4.48. The molecule has 5 nitrogen and oxygen atoms in total. The second-order valence-corrected chi connectivity index (χ2v) is 8.19.